The normalized spacial score (nSPS) is 20.2. The molecular weight excluding hydrogens is 362 g/mol. The standard InChI is InChI=1S/C17H23N3O2.C7H16/c1-12(20-16-5-4-8-19-13(16)2)9-17(18-3)14-6-7-15(10-14)22-11-21;1-6(2)7(3,4)5/h4-5,8-9,11,14-15,20H,6-7,10H2,1-3H3;6H,1-5H3/b12-9+,18-17?;. The van der Waals surface area contributed by atoms with Crippen LogP contribution < -0.4 is 5.32 Å². The zero-order valence-corrected chi connectivity index (χ0v) is 19.5. The molecule has 2 unspecified atom stereocenters. The second kappa shape index (κ2) is 11.7. The highest BCUT2D eigenvalue weighted by Crippen LogP contribution is 2.29. The summed E-state index contributed by atoms with van der Waals surface area (Å²) in [6.45, 7) is 15.8. The maximum atomic E-state index is 10.4. The van der Waals surface area contributed by atoms with Crippen LogP contribution in [0.5, 0.6) is 0 Å². The third kappa shape index (κ3) is 8.80. The van der Waals surface area contributed by atoms with E-state index in [1.807, 2.05) is 33.0 Å². The molecule has 1 aliphatic carbocycles. The van der Waals surface area contributed by atoms with Crippen LogP contribution in [-0.2, 0) is 9.53 Å². The Hall–Kier alpha value is -2.17. The molecule has 0 amide bonds. The van der Waals surface area contributed by atoms with Crippen molar-refractivity contribution in [3.8, 4) is 0 Å². The van der Waals surface area contributed by atoms with Crippen molar-refractivity contribution in [1.82, 2.24) is 4.98 Å². The van der Waals surface area contributed by atoms with Crippen molar-refractivity contribution < 1.29 is 9.53 Å². The van der Waals surface area contributed by atoms with E-state index in [0.717, 1.165) is 48.0 Å². The second-order valence-corrected chi connectivity index (χ2v) is 9.12. The molecule has 0 spiro atoms. The van der Waals surface area contributed by atoms with Crippen LogP contribution in [0.25, 0.3) is 0 Å². The molecule has 1 saturated carbocycles. The molecule has 2 atom stereocenters. The summed E-state index contributed by atoms with van der Waals surface area (Å²) < 4.78 is 5.06. The predicted molar refractivity (Wildman–Crippen MR) is 122 cm³/mol. The molecule has 2 rings (SSSR count). The number of carbonyl (C=O) groups excluding carboxylic acids is 1. The Bertz CT molecular complexity index is 702. The Morgan fingerprint density at radius 2 is 2.00 bits per heavy atom. The molecule has 162 valence electrons. The maximum absolute atomic E-state index is 10.4. The number of aromatic nitrogens is 1. The fraction of sp³-hybridized carbons (Fsp3) is 0.625. The molecule has 0 aliphatic heterocycles. The summed E-state index contributed by atoms with van der Waals surface area (Å²) in [6.07, 6.45) is 6.64. The summed E-state index contributed by atoms with van der Waals surface area (Å²) in [7, 11) is 1.81. The Kier molecular flexibility index (Phi) is 10.1. The first-order chi connectivity index (χ1) is 13.6. The van der Waals surface area contributed by atoms with Crippen LogP contribution in [-0.4, -0.2) is 30.3 Å². The van der Waals surface area contributed by atoms with Gasteiger partial charge in [-0.1, -0.05) is 34.6 Å². The van der Waals surface area contributed by atoms with Crippen molar-refractivity contribution in [3.63, 3.8) is 0 Å². The van der Waals surface area contributed by atoms with Gasteiger partial charge in [0.2, 0.25) is 0 Å². The van der Waals surface area contributed by atoms with Gasteiger partial charge in [-0.2, -0.15) is 0 Å². The van der Waals surface area contributed by atoms with Crippen molar-refractivity contribution in [3.05, 3.63) is 35.8 Å². The summed E-state index contributed by atoms with van der Waals surface area (Å²) in [5.41, 5.74) is 4.53. The molecule has 1 aromatic heterocycles. The third-order valence-electron chi connectivity index (χ3n) is 5.74. The van der Waals surface area contributed by atoms with E-state index in [2.05, 4.69) is 56.0 Å². The van der Waals surface area contributed by atoms with E-state index < -0.39 is 0 Å². The lowest BCUT2D eigenvalue weighted by atomic mass is 9.84. The van der Waals surface area contributed by atoms with E-state index in [-0.39, 0.29) is 6.10 Å². The average Bonchev–Trinajstić information content (AvgIpc) is 3.10. The molecule has 0 aromatic carbocycles. The quantitative estimate of drug-likeness (QED) is 0.483. The number of allylic oxidation sites excluding steroid dienone is 2. The molecular formula is C24H39N3O2. The number of nitrogens with zero attached hydrogens (tertiary/aromatic N) is 2. The van der Waals surface area contributed by atoms with Crippen LogP contribution in [0.15, 0.2) is 35.1 Å². The highest BCUT2D eigenvalue weighted by molar-refractivity contribution is 5.97. The number of rotatable bonds is 6. The highest BCUT2D eigenvalue weighted by atomic mass is 16.5. The van der Waals surface area contributed by atoms with E-state index in [1.165, 1.54) is 0 Å². The molecule has 29 heavy (non-hydrogen) atoms. The fourth-order valence-corrected chi connectivity index (χ4v) is 2.86. The van der Waals surface area contributed by atoms with Crippen molar-refractivity contribution in [2.45, 2.75) is 73.8 Å². The fourth-order valence-electron chi connectivity index (χ4n) is 2.86. The van der Waals surface area contributed by atoms with E-state index in [9.17, 15) is 4.79 Å². The monoisotopic (exact) mass is 401 g/mol. The van der Waals surface area contributed by atoms with Gasteiger partial charge in [-0.3, -0.25) is 14.8 Å². The van der Waals surface area contributed by atoms with Crippen LogP contribution in [0.1, 0.15) is 66.5 Å². The minimum Gasteiger partial charge on any atom is -0.465 e. The maximum Gasteiger partial charge on any atom is 0.293 e. The second-order valence-electron chi connectivity index (χ2n) is 9.12. The first kappa shape index (κ1) is 24.9. The Balaban J connectivity index is 0.000000516. The number of ether oxygens (including phenoxy) is 1. The van der Waals surface area contributed by atoms with Gasteiger partial charge in [-0.05, 0) is 62.7 Å². The first-order valence-electron chi connectivity index (χ1n) is 10.5. The number of pyridine rings is 1. The highest BCUT2D eigenvalue weighted by Gasteiger charge is 2.28. The van der Waals surface area contributed by atoms with Gasteiger partial charge >= 0.3 is 0 Å². The van der Waals surface area contributed by atoms with Gasteiger partial charge in [0.25, 0.3) is 6.47 Å². The van der Waals surface area contributed by atoms with Crippen molar-refractivity contribution in [2.75, 3.05) is 12.4 Å². The van der Waals surface area contributed by atoms with Gasteiger partial charge in [0.05, 0.1) is 11.4 Å². The molecule has 1 fully saturated rings. The third-order valence-corrected chi connectivity index (χ3v) is 5.74. The van der Waals surface area contributed by atoms with Crippen LogP contribution in [0.4, 0.5) is 5.69 Å². The summed E-state index contributed by atoms with van der Waals surface area (Å²) in [4.78, 5) is 19.1. The van der Waals surface area contributed by atoms with Gasteiger partial charge in [-0.25, -0.2) is 0 Å². The summed E-state index contributed by atoms with van der Waals surface area (Å²) in [6, 6.07) is 3.92. The van der Waals surface area contributed by atoms with Crippen molar-refractivity contribution >= 4 is 17.9 Å². The SMILES string of the molecule is CC(C)C(C)(C)C.CN=C(/C=C(\C)Nc1cccnc1C)C1CCC(OC=O)C1. The number of anilines is 1. The predicted octanol–water partition coefficient (Wildman–Crippen LogP) is 5.81. The molecule has 0 bridgehead atoms. The van der Waals surface area contributed by atoms with E-state index >= 15 is 0 Å². The molecule has 1 heterocycles. The van der Waals surface area contributed by atoms with Crippen molar-refractivity contribution in [2.24, 2.45) is 22.2 Å². The minimum atomic E-state index is 0.0292. The number of aryl methyl sites for hydroxylation is 1. The molecule has 1 aliphatic rings. The summed E-state index contributed by atoms with van der Waals surface area (Å²) in [5, 5.41) is 3.37. The summed E-state index contributed by atoms with van der Waals surface area (Å²) in [5.74, 6) is 1.15. The number of hydrogen-bond acceptors (Lipinski definition) is 5. The lowest BCUT2D eigenvalue weighted by molar-refractivity contribution is -0.133. The molecule has 0 radical (unpaired) electrons. The largest absolute Gasteiger partial charge is 0.465 e. The number of nitrogens with one attached hydrogen (secondary N) is 1. The van der Waals surface area contributed by atoms with Crippen LogP contribution in [0.2, 0.25) is 0 Å². The topological polar surface area (TPSA) is 63.6 Å². The molecule has 0 saturated heterocycles. The lowest BCUT2D eigenvalue weighted by Gasteiger charge is -2.22. The van der Waals surface area contributed by atoms with Gasteiger partial charge in [-0.15, -0.1) is 0 Å². The van der Waals surface area contributed by atoms with Crippen LogP contribution >= 0.6 is 0 Å². The number of aliphatic imine (C=N–C) groups is 1. The number of hydrogen-bond donors (Lipinski definition) is 1. The smallest absolute Gasteiger partial charge is 0.293 e. The summed E-state index contributed by atoms with van der Waals surface area (Å²) >= 11 is 0. The molecule has 1 aromatic rings. The van der Waals surface area contributed by atoms with Crippen molar-refractivity contribution in [1.29, 1.82) is 0 Å². The zero-order valence-electron chi connectivity index (χ0n) is 19.5. The Labute approximate surface area is 177 Å². The molecule has 1 N–H and O–H groups in total. The van der Waals surface area contributed by atoms with Gasteiger partial charge in [0, 0.05) is 30.6 Å². The lowest BCUT2D eigenvalue weighted by Crippen LogP contribution is -2.13. The Morgan fingerprint density at radius 1 is 1.34 bits per heavy atom. The van der Waals surface area contributed by atoms with Gasteiger partial charge < -0.3 is 10.1 Å². The van der Waals surface area contributed by atoms with E-state index in [1.54, 1.807) is 6.20 Å². The van der Waals surface area contributed by atoms with E-state index in [0.29, 0.717) is 17.8 Å². The first-order valence-corrected chi connectivity index (χ1v) is 10.5. The Morgan fingerprint density at radius 3 is 2.52 bits per heavy atom. The van der Waals surface area contributed by atoms with Gasteiger partial charge in [0.1, 0.15) is 6.10 Å². The molecule has 5 nitrogen and oxygen atoms in total. The van der Waals surface area contributed by atoms with E-state index in [4.69, 9.17) is 4.74 Å². The minimum absolute atomic E-state index is 0.0292. The van der Waals surface area contributed by atoms with Gasteiger partial charge in [0.15, 0.2) is 0 Å². The molecule has 5 heteroatoms. The zero-order chi connectivity index (χ0) is 22.0. The van der Waals surface area contributed by atoms with Crippen LogP contribution in [0.3, 0.4) is 0 Å². The van der Waals surface area contributed by atoms with Crippen LogP contribution in [0, 0.1) is 24.2 Å². The average molecular weight is 402 g/mol. The number of carbonyl (C=O) groups is 1.